The van der Waals surface area contributed by atoms with Crippen LogP contribution in [0.1, 0.15) is 18.1 Å². The monoisotopic (exact) mass is 1810 g/mol. The van der Waals surface area contributed by atoms with Gasteiger partial charge in [0.15, 0.2) is 5.82 Å². The fraction of sp³-hybridized carbons (Fsp3) is 0.0345. The first kappa shape index (κ1) is 94.6. The Labute approximate surface area is 702 Å². The summed E-state index contributed by atoms with van der Waals surface area (Å²) in [4.78, 5) is 27.5. The number of benzene rings is 14. The highest BCUT2D eigenvalue weighted by Gasteiger charge is 2.25. The van der Waals surface area contributed by atoms with Gasteiger partial charge in [-0.15, -0.1) is 10.1 Å². The molecular formula is C87H67B2Br2F10N4O13PS. The highest BCUT2D eigenvalue weighted by atomic mass is 79.9. The number of halogens is 12. The summed E-state index contributed by atoms with van der Waals surface area (Å²) >= 11 is 5.61. The maximum absolute atomic E-state index is 14.4. The zero-order chi connectivity index (χ0) is 88.9. The zero-order valence-corrected chi connectivity index (χ0v) is 67.3. The van der Waals surface area contributed by atoms with Crippen LogP contribution < -0.4 is 21.4 Å². The largest absolute Gasteiger partial charge is 0.488 e. The van der Waals surface area contributed by atoms with Crippen LogP contribution in [0.3, 0.4) is 0 Å². The molecule has 0 amide bonds. The van der Waals surface area contributed by atoms with E-state index in [4.69, 9.17) is 44.3 Å². The number of hydrogen-bond acceptors (Lipinski definition) is 10. The van der Waals surface area contributed by atoms with E-state index in [1.807, 2.05) is 108 Å². The number of fused-ring (bicyclic) bond motifs is 6. The van der Waals surface area contributed by atoms with E-state index in [1.165, 1.54) is 45.7 Å². The van der Waals surface area contributed by atoms with Gasteiger partial charge in [0.2, 0.25) is 11.6 Å². The van der Waals surface area contributed by atoms with E-state index in [0.29, 0.717) is 56.1 Å². The molecule has 0 saturated heterocycles. The van der Waals surface area contributed by atoms with Crippen molar-refractivity contribution in [3.63, 3.8) is 0 Å². The molecule has 15 aromatic rings. The normalized spacial score (nSPS) is 10.4. The number of aromatic nitrogens is 1. The predicted molar refractivity (Wildman–Crippen MR) is 456 cm³/mol. The molecule has 5 N–H and O–H groups in total. The second kappa shape index (κ2) is 48.4. The Hall–Kier alpha value is -12.5. The minimum absolute atomic E-state index is 0. The summed E-state index contributed by atoms with van der Waals surface area (Å²) in [6.07, 6.45) is 0.567. The average Bonchev–Trinajstić information content (AvgIpc) is 1.59. The standard InChI is InChI=1S/C18H11F2N.C18H15P.C13H8F2.C12H7F2NO2.C7H8.C6H7BO2.C6H2BrF2NO2.C6H3BrF2.CH3B.HNO3.H2O4S/c19-12-10-15-14-8-4-5-9-17(14)21(18(15)16(20)11-12)13-6-2-1-3-7-13;1-4-10-16(11-5-1)19(17-12-6-2-7-13-17)18-14-8-3-9-15-18;14-9-6-11-10-4-2-1-3-8(10)5-12(11)13(15)7-9;13-9-6-10(8-4-2-1-3-5-8)12(15(16)17)11(14)7-9;1-7-5-3-2-4-6-7;8-7(9)6-4-2-1-3-5-6;7-4-1-3(8)2-5(9)6(4)10(11)12;7-4-1-5(8)3-6(9)2-4;1-2;2-1(3)4;1-5(2,3)4/h1-11H;1-15H;1-4,6-7H,5H2;1-7H;2-6H,1H3;1-5,8-9H;1-2H;1-3H;1H3;(H,2,3,4);(H2,1,2,3,4)/i;;;;;;;;1D;;. The van der Waals surface area contributed by atoms with E-state index < -0.39 is 110 Å². The van der Waals surface area contributed by atoms with E-state index in [9.17, 15) is 64.1 Å². The molecule has 1 aromatic heterocycles. The molecule has 0 bridgehead atoms. The van der Waals surface area contributed by atoms with Gasteiger partial charge in [-0.1, -0.05) is 271 Å². The van der Waals surface area contributed by atoms with E-state index >= 15 is 0 Å². The van der Waals surface area contributed by atoms with Crippen LogP contribution in [0.2, 0.25) is 6.80 Å². The molecule has 0 unspecified atom stereocenters. The Morgan fingerprint density at radius 3 is 1.25 bits per heavy atom. The molecule has 1 aliphatic rings. The van der Waals surface area contributed by atoms with Gasteiger partial charge < -0.3 is 19.8 Å². The first-order valence-electron chi connectivity index (χ1n) is 35.3. The summed E-state index contributed by atoms with van der Waals surface area (Å²) in [5, 5.41) is 57.4. The van der Waals surface area contributed by atoms with Crippen LogP contribution in [0.4, 0.5) is 55.3 Å². The SMILES string of the molecule is Cc1ccccc1.Fc1cc(F)c2c(c1)-c1ccccc1C2.Fc1cc(F)c2c(c1)c1ccccc1n2-c1ccccc1.Fc1cc(F)cc(Br)c1.O=S(=O)(O)O.O=[N+]([O-])O.O=[N+]([O-])c1c(F)cc(F)cc1-c1ccccc1.O=[N+]([O-])c1c(F)cc(F)cc1Br.OB(O)c1ccccc1.[2H]C[B].c1ccc(P(c2ccccc2)c2ccccc2)cc1. The molecule has 1 heterocycles. The molecule has 1 aliphatic carbocycles. The summed E-state index contributed by atoms with van der Waals surface area (Å²) in [5.74, 6) is -7.26. The summed E-state index contributed by atoms with van der Waals surface area (Å²) in [5.41, 5.74) is 6.17. The lowest BCUT2D eigenvalue weighted by atomic mass is 9.81. The average molecular weight is 1810 g/mol. The lowest BCUT2D eigenvalue weighted by molar-refractivity contribution is -0.742. The van der Waals surface area contributed by atoms with Gasteiger partial charge in [-0.3, -0.25) is 29.3 Å². The molecule has 2 radical (unpaired) electrons. The highest BCUT2D eigenvalue weighted by Crippen LogP contribution is 2.40. The van der Waals surface area contributed by atoms with Crippen molar-refractivity contribution < 1.29 is 93.0 Å². The summed E-state index contributed by atoms with van der Waals surface area (Å²) in [6.45, 7) is 2.08. The topological polar surface area (TPSA) is 270 Å². The summed E-state index contributed by atoms with van der Waals surface area (Å²) in [7, 11) is -1.94. The molecule has 0 saturated carbocycles. The van der Waals surface area contributed by atoms with Crippen molar-refractivity contribution >= 4 is 120 Å². The van der Waals surface area contributed by atoms with Crippen LogP contribution in [-0.4, -0.2) is 67.2 Å². The molecule has 0 fully saturated rings. The van der Waals surface area contributed by atoms with Gasteiger partial charge in [0.1, 0.15) is 45.2 Å². The molecule has 614 valence electrons. The fourth-order valence-corrected chi connectivity index (χ4v) is 14.5. The van der Waals surface area contributed by atoms with Crippen LogP contribution in [-0.2, 0) is 16.8 Å². The second-order valence-electron chi connectivity index (χ2n) is 24.2. The molecule has 17 nitrogen and oxygen atoms in total. The Kier molecular flexibility index (Phi) is 38.2. The van der Waals surface area contributed by atoms with E-state index in [1.54, 1.807) is 54.6 Å². The van der Waals surface area contributed by atoms with Crippen molar-refractivity contribution in [2.75, 3.05) is 0 Å². The lowest BCUT2D eigenvalue weighted by Gasteiger charge is -2.18. The molecule has 0 spiro atoms. The van der Waals surface area contributed by atoms with Gasteiger partial charge in [0, 0.05) is 64.6 Å². The quantitative estimate of drug-likeness (QED) is 0.0237. The number of nitro benzene ring substituents is 2. The Morgan fingerprint density at radius 1 is 0.450 bits per heavy atom. The molecule has 14 aromatic carbocycles. The van der Waals surface area contributed by atoms with Crippen LogP contribution in [0.15, 0.2) is 337 Å². The second-order valence-corrected chi connectivity index (χ2v) is 29.0. The minimum atomic E-state index is -4.67. The first-order chi connectivity index (χ1) is 57.6. The number of nitro groups is 2. The lowest BCUT2D eigenvalue weighted by Crippen LogP contribution is -2.29. The number of aryl methyl sites for hydroxylation is 1. The maximum atomic E-state index is 14.4. The Bertz CT molecular complexity index is 5810. The summed E-state index contributed by atoms with van der Waals surface area (Å²) < 4.78 is 170. The fourth-order valence-electron chi connectivity index (χ4n) is 11.2. The van der Waals surface area contributed by atoms with Crippen LogP contribution >= 0.6 is 39.8 Å². The number of para-hydroxylation sites is 2. The number of nitrogens with zero attached hydrogens (tertiary/aromatic N) is 4. The highest BCUT2D eigenvalue weighted by molar-refractivity contribution is 9.10. The number of rotatable bonds is 8. The molecule has 120 heavy (non-hydrogen) atoms. The van der Waals surface area contributed by atoms with E-state index in [-0.39, 0.29) is 16.8 Å². The molecule has 16 rings (SSSR count). The number of hydrogen-bond donors (Lipinski definition) is 5. The Balaban J connectivity index is 0.000000214. The van der Waals surface area contributed by atoms with Crippen LogP contribution in [0.25, 0.3) is 49.7 Å². The van der Waals surface area contributed by atoms with E-state index in [2.05, 4.69) is 150 Å². The third-order valence-electron chi connectivity index (χ3n) is 15.9. The van der Waals surface area contributed by atoms with Gasteiger partial charge in [0.25, 0.3) is 5.09 Å². The van der Waals surface area contributed by atoms with Crippen molar-refractivity contribution in [2.24, 2.45) is 0 Å². The van der Waals surface area contributed by atoms with Gasteiger partial charge >= 0.3 is 28.9 Å². The van der Waals surface area contributed by atoms with Crippen molar-refractivity contribution in [2.45, 2.75) is 20.1 Å². The molecule has 33 heteroatoms. The molecule has 0 aliphatic heterocycles. The van der Waals surface area contributed by atoms with E-state index in [0.717, 1.165) is 58.0 Å². The zero-order valence-electron chi connectivity index (χ0n) is 63.4. The van der Waals surface area contributed by atoms with Crippen LogP contribution in [0, 0.1) is 95.4 Å². The van der Waals surface area contributed by atoms with Crippen LogP contribution in [0.5, 0.6) is 0 Å². The third kappa shape index (κ3) is 30.8. The maximum Gasteiger partial charge on any atom is 0.488 e. The van der Waals surface area contributed by atoms with Gasteiger partial charge in [-0.05, 0) is 129 Å². The molecule has 0 atom stereocenters. The predicted octanol–water partition coefficient (Wildman–Crippen LogP) is 21.5. The minimum Gasteiger partial charge on any atom is -0.423 e. The Morgan fingerprint density at radius 2 is 0.817 bits per heavy atom. The first-order valence-corrected chi connectivity index (χ1v) is 38.9. The van der Waals surface area contributed by atoms with Crippen molar-refractivity contribution in [3.05, 3.63) is 442 Å². The van der Waals surface area contributed by atoms with Crippen molar-refractivity contribution in [3.8, 4) is 27.9 Å². The third-order valence-corrected chi connectivity index (χ3v) is 19.4. The van der Waals surface area contributed by atoms with Crippen molar-refractivity contribution in [1.82, 2.24) is 4.57 Å². The molecular weight excluding hydrogens is 1740 g/mol. The van der Waals surface area contributed by atoms with Crippen molar-refractivity contribution in [1.29, 1.82) is 0 Å². The summed E-state index contributed by atoms with van der Waals surface area (Å²) in [6, 6.07) is 94.8. The van der Waals surface area contributed by atoms with Gasteiger partial charge in [-0.25, -0.2) is 35.1 Å². The smallest absolute Gasteiger partial charge is 0.423 e. The van der Waals surface area contributed by atoms with Gasteiger partial charge in [0.05, 0.1) is 34.3 Å². The van der Waals surface area contributed by atoms with Gasteiger partial charge in [-0.2, -0.15) is 17.2 Å².